The second kappa shape index (κ2) is 7.61. The molecule has 6 heteroatoms. The summed E-state index contributed by atoms with van der Waals surface area (Å²) in [4.78, 5) is 20.1. The number of nitrogens with zero attached hydrogens (tertiary/aromatic N) is 3. The van der Waals surface area contributed by atoms with E-state index in [1.807, 2.05) is 29.6 Å². The minimum absolute atomic E-state index is 0.0688. The smallest absolute Gasteiger partial charge is 0.228 e. The number of carbonyl (C=O) groups is 1. The Bertz CT molecular complexity index is 642. The van der Waals surface area contributed by atoms with Crippen molar-refractivity contribution in [3.8, 4) is 0 Å². The Balaban J connectivity index is 2.08. The van der Waals surface area contributed by atoms with Crippen molar-refractivity contribution in [1.82, 2.24) is 9.88 Å². The van der Waals surface area contributed by atoms with Crippen molar-refractivity contribution in [3.05, 3.63) is 45.4 Å². The second-order valence-corrected chi connectivity index (χ2v) is 6.51. The molecule has 2 rings (SSSR count). The highest BCUT2D eigenvalue weighted by Crippen LogP contribution is 2.26. The molecule has 2 aromatic rings. The van der Waals surface area contributed by atoms with Gasteiger partial charge < -0.3 is 9.80 Å². The van der Waals surface area contributed by atoms with Crippen molar-refractivity contribution < 1.29 is 4.79 Å². The Hall–Kier alpha value is -1.59. The number of hydrogen-bond donors (Lipinski definition) is 0. The third-order valence-corrected chi connectivity index (χ3v) is 4.55. The number of para-hydroxylation sites is 1. The molecule has 0 aliphatic rings. The first-order valence-corrected chi connectivity index (χ1v) is 8.40. The van der Waals surface area contributed by atoms with Crippen LogP contribution in [0, 0.1) is 0 Å². The van der Waals surface area contributed by atoms with E-state index < -0.39 is 0 Å². The van der Waals surface area contributed by atoms with Gasteiger partial charge in [0, 0.05) is 26.0 Å². The highest BCUT2D eigenvalue weighted by molar-refractivity contribution is 7.09. The van der Waals surface area contributed by atoms with Gasteiger partial charge in [0.2, 0.25) is 5.91 Å². The van der Waals surface area contributed by atoms with Gasteiger partial charge in [0.25, 0.3) is 0 Å². The molecule has 0 saturated carbocycles. The number of carbonyl (C=O) groups excluding carboxylic acids is 1. The molecule has 4 nitrogen and oxygen atoms in total. The zero-order valence-corrected chi connectivity index (χ0v) is 14.6. The zero-order valence-electron chi connectivity index (χ0n) is 13.0. The SMILES string of the molecule is CCN(Cc1csc(CC(=O)N(C)C)n1)c1ccccc1Cl. The molecule has 0 bridgehead atoms. The van der Waals surface area contributed by atoms with E-state index in [1.165, 1.54) is 11.3 Å². The van der Waals surface area contributed by atoms with Crippen LogP contribution in [0.1, 0.15) is 17.6 Å². The van der Waals surface area contributed by atoms with Crippen LogP contribution in [0.25, 0.3) is 0 Å². The van der Waals surface area contributed by atoms with Crippen LogP contribution in [0.4, 0.5) is 5.69 Å². The van der Waals surface area contributed by atoms with Crippen LogP contribution in [0.3, 0.4) is 0 Å². The predicted molar refractivity (Wildman–Crippen MR) is 92.7 cm³/mol. The van der Waals surface area contributed by atoms with Gasteiger partial charge in [-0.3, -0.25) is 4.79 Å². The van der Waals surface area contributed by atoms with E-state index in [2.05, 4.69) is 16.8 Å². The van der Waals surface area contributed by atoms with E-state index >= 15 is 0 Å². The van der Waals surface area contributed by atoms with Gasteiger partial charge in [-0.1, -0.05) is 23.7 Å². The van der Waals surface area contributed by atoms with Crippen LogP contribution >= 0.6 is 22.9 Å². The van der Waals surface area contributed by atoms with Gasteiger partial charge in [-0.25, -0.2) is 4.98 Å². The number of amides is 1. The molecule has 0 atom stereocenters. The molecular formula is C16H20ClN3OS. The summed E-state index contributed by atoms with van der Waals surface area (Å²) in [7, 11) is 3.51. The molecule has 0 aliphatic heterocycles. The number of rotatable bonds is 6. The van der Waals surface area contributed by atoms with Gasteiger partial charge >= 0.3 is 0 Å². The lowest BCUT2D eigenvalue weighted by Crippen LogP contribution is -2.24. The Kier molecular flexibility index (Phi) is 5.80. The fourth-order valence-corrected chi connectivity index (χ4v) is 3.09. The number of thiazole rings is 1. The summed E-state index contributed by atoms with van der Waals surface area (Å²) >= 11 is 7.79. The van der Waals surface area contributed by atoms with Crippen LogP contribution in [0.2, 0.25) is 5.02 Å². The summed E-state index contributed by atoms with van der Waals surface area (Å²) in [6, 6.07) is 7.80. The molecule has 1 aromatic heterocycles. The number of benzene rings is 1. The molecule has 1 amide bonds. The third kappa shape index (κ3) is 4.21. The Morgan fingerprint density at radius 1 is 1.32 bits per heavy atom. The Morgan fingerprint density at radius 2 is 2.05 bits per heavy atom. The van der Waals surface area contributed by atoms with Crippen LogP contribution in [-0.4, -0.2) is 36.4 Å². The molecule has 0 N–H and O–H groups in total. The molecular weight excluding hydrogens is 318 g/mol. The normalized spacial score (nSPS) is 10.5. The molecule has 1 heterocycles. The van der Waals surface area contributed by atoms with Crippen molar-refractivity contribution in [1.29, 1.82) is 0 Å². The van der Waals surface area contributed by atoms with E-state index in [0.29, 0.717) is 13.0 Å². The van der Waals surface area contributed by atoms with Crippen molar-refractivity contribution in [3.63, 3.8) is 0 Å². The summed E-state index contributed by atoms with van der Waals surface area (Å²) in [6.45, 7) is 3.62. The average molecular weight is 338 g/mol. The highest BCUT2D eigenvalue weighted by Gasteiger charge is 2.13. The topological polar surface area (TPSA) is 36.4 Å². The lowest BCUT2D eigenvalue weighted by atomic mass is 10.2. The first kappa shape index (κ1) is 16.8. The molecule has 1 aromatic carbocycles. The molecule has 0 aliphatic carbocycles. The van der Waals surface area contributed by atoms with Crippen molar-refractivity contribution in [2.24, 2.45) is 0 Å². The predicted octanol–water partition coefficient (Wildman–Crippen LogP) is 3.45. The first-order chi connectivity index (χ1) is 10.5. The maximum atomic E-state index is 11.7. The van der Waals surface area contributed by atoms with Crippen molar-refractivity contribution in [2.45, 2.75) is 19.9 Å². The summed E-state index contributed by atoms with van der Waals surface area (Å²) in [5.74, 6) is 0.0688. The van der Waals surface area contributed by atoms with Gasteiger partial charge in [-0.05, 0) is 19.1 Å². The summed E-state index contributed by atoms with van der Waals surface area (Å²) in [6.07, 6.45) is 0.357. The Labute approximate surface area is 140 Å². The van der Waals surface area contributed by atoms with Gasteiger partial charge in [-0.15, -0.1) is 11.3 Å². The third-order valence-electron chi connectivity index (χ3n) is 3.33. The van der Waals surface area contributed by atoms with Crippen LogP contribution in [0.15, 0.2) is 29.6 Å². The lowest BCUT2D eigenvalue weighted by molar-refractivity contribution is -0.127. The molecule has 0 radical (unpaired) electrons. The van der Waals surface area contributed by atoms with Gasteiger partial charge in [-0.2, -0.15) is 0 Å². The number of hydrogen-bond acceptors (Lipinski definition) is 4. The van der Waals surface area contributed by atoms with Gasteiger partial charge in [0.15, 0.2) is 0 Å². The minimum atomic E-state index is 0.0688. The fraction of sp³-hybridized carbons (Fsp3) is 0.375. The maximum absolute atomic E-state index is 11.7. The number of likely N-dealkylation sites (N-methyl/N-ethyl adjacent to an activating group) is 1. The maximum Gasteiger partial charge on any atom is 0.228 e. The molecule has 0 unspecified atom stereocenters. The average Bonchev–Trinajstić information content (AvgIpc) is 2.92. The number of aromatic nitrogens is 1. The molecule has 118 valence electrons. The van der Waals surface area contributed by atoms with E-state index in [-0.39, 0.29) is 5.91 Å². The lowest BCUT2D eigenvalue weighted by Gasteiger charge is -2.23. The standard InChI is InChI=1S/C16H20ClN3OS/c1-4-20(14-8-6-5-7-13(14)17)10-12-11-22-15(18-12)9-16(21)19(2)3/h5-8,11H,4,9-10H2,1-3H3. The first-order valence-electron chi connectivity index (χ1n) is 7.14. The van der Waals surface area contributed by atoms with Gasteiger partial charge in [0.1, 0.15) is 5.01 Å². The molecule has 0 saturated heterocycles. The molecule has 22 heavy (non-hydrogen) atoms. The second-order valence-electron chi connectivity index (χ2n) is 5.16. The number of halogens is 1. The molecule has 0 spiro atoms. The monoisotopic (exact) mass is 337 g/mol. The van der Waals surface area contributed by atoms with Crippen LogP contribution in [-0.2, 0) is 17.8 Å². The van der Waals surface area contributed by atoms with E-state index in [4.69, 9.17) is 11.6 Å². The summed E-state index contributed by atoms with van der Waals surface area (Å²) in [5.41, 5.74) is 1.97. The van der Waals surface area contributed by atoms with E-state index in [9.17, 15) is 4.79 Å². The van der Waals surface area contributed by atoms with Crippen molar-refractivity contribution >= 4 is 34.5 Å². The fourth-order valence-electron chi connectivity index (χ4n) is 2.06. The van der Waals surface area contributed by atoms with E-state index in [0.717, 1.165) is 28.0 Å². The van der Waals surface area contributed by atoms with Crippen molar-refractivity contribution in [2.75, 3.05) is 25.5 Å². The Morgan fingerprint density at radius 3 is 2.68 bits per heavy atom. The van der Waals surface area contributed by atoms with Gasteiger partial charge in [0.05, 0.1) is 29.4 Å². The number of anilines is 1. The minimum Gasteiger partial charge on any atom is -0.365 e. The van der Waals surface area contributed by atoms with Crippen LogP contribution in [0.5, 0.6) is 0 Å². The molecule has 0 fully saturated rings. The van der Waals surface area contributed by atoms with E-state index in [1.54, 1.807) is 19.0 Å². The van der Waals surface area contributed by atoms with Crippen LogP contribution < -0.4 is 4.90 Å². The highest BCUT2D eigenvalue weighted by atomic mass is 35.5. The zero-order chi connectivity index (χ0) is 16.1. The quantitative estimate of drug-likeness (QED) is 0.810. The largest absolute Gasteiger partial charge is 0.365 e. The summed E-state index contributed by atoms with van der Waals surface area (Å²) in [5, 5.41) is 3.60. The summed E-state index contributed by atoms with van der Waals surface area (Å²) < 4.78 is 0.